The molecule has 1 aromatic heterocycles. The van der Waals surface area contributed by atoms with Gasteiger partial charge >= 0.3 is 0 Å². The smallest absolute Gasteiger partial charge is 0.242 e. The van der Waals surface area contributed by atoms with Crippen molar-refractivity contribution in [3.63, 3.8) is 0 Å². The van der Waals surface area contributed by atoms with Crippen LogP contribution in [-0.2, 0) is 14.6 Å². The van der Waals surface area contributed by atoms with Crippen molar-refractivity contribution in [3.8, 4) is 5.75 Å². The van der Waals surface area contributed by atoms with Gasteiger partial charge in [0.15, 0.2) is 9.84 Å². The highest BCUT2D eigenvalue weighted by Crippen LogP contribution is 2.23. The fourth-order valence-corrected chi connectivity index (χ4v) is 4.46. The second-order valence-electron chi connectivity index (χ2n) is 5.53. The number of rotatable bonds is 6. The Labute approximate surface area is 155 Å². The Hall–Kier alpha value is -2.52. The monoisotopic (exact) mass is 391 g/mol. The first-order chi connectivity index (χ1) is 12.4. The summed E-state index contributed by atoms with van der Waals surface area (Å²) in [5, 5.41) is 0. The molecule has 9 heteroatoms. The summed E-state index contributed by atoms with van der Waals surface area (Å²) in [6.45, 7) is 2.43. The molecule has 0 bridgehead atoms. The molecule has 7 nitrogen and oxygen atoms in total. The number of hydrogen-bond donors (Lipinski definition) is 0. The first-order valence-electron chi connectivity index (χ1n) is 7.86. The molecule has 0 saturated carbocycles. The van der Waals surface area contributed by atoms with E-state index in [4.69, 9.17) is 4.74 Å². The molecule has 0 fully saturated rings. The third kappa shape index (κ3) is 3.68. The SMILES string of the molecule is CCOc1ccc(N(C)C(=O)CS(=O)(=O)c2cccc3nsnc23)cc1. The second-order valence-corrected chi connectivity index (χ2v) is 8.01. The van der Waals surface area contributed by atoms with Crippen molar-refractivity contribution in [2.45, 2.75) is 11.8 Å². The Bertz CT molecular complexity index is 1030. The average molecular weight is 391 g/mol. The molecule has 3 rings (SSSR count). The summed E-state index contributed by atoms with van der Waals surface area (Å²) in [7, 11) is -2.30. The van der Waals surface area contributed by atoms with E-state index in [2.05, 4.69) is 8.75 Å². The number of anilines is 1. The van der Waals surface area contributed by atoms with E-state index in [1.54, 1.807) is 43.4 Å². The van der Waals surface area contributed by atoms with E-state index >= 15 is 0 Å². The summed E-state index contributed by atoms with van der Waals surface area (Å²) in [6, 6.07) is 11.6. The summed E-state index contributed by atoms with van der Waals surface area (Å²) in [6.07, 6.45) is 0. The fourth-order valence-electron chi connectivity index (χ4n) is 2.45. The Morgan fingerprint density at radius 1 is 1.15 bits per heavy atom. The number of aromatic nitrogens is 2. The number of nitrogens with zero attached hydrogens (tertiary/aromatic N) is 3. The maximum Gasteiger partial charge on any atom is 0.242 e. The Kier molecular flexibility index (Phi) is 5.19. The predicted molar refractivity (Wildman–Crippen MR) is 100 cm³/mol. The van der Waals surface area contributed by atoms with Gasteiger partial charge in [-0.2, -0.15) is 8.75 Å². The zero-order valence-corrected chi connectivity index (χ0v) is 15.9. The molecule has 136 valence electrons. The lowest BCUT2D eigenvalue weighted by molar-refractivity contribution is -0.115. The van der Waals surface area contributed by atoms with Crippen LogP contribution in [-0.4, -0.2) is 42.5 Å². The molecule has 0 unspecified atom stereocenters. The van der Waals surface area contributed by atoms with Gasteiger partial charge < -0.3 is 9.64 Å². The molecule has 0 aliphatic heterocycles. The number of benzene rings is 2. The van der Waals surface area contributed by atoms with Crippen LogP contribution in [0.1, 0.15) is 6.92 Å². The minimum atomic E-state index is -3.84. The van der Waals surface area contributed by atoms with Gasteiger partial charge in [-0.1, -0.05) is 6.07 Å². The minimum absolute atomic E-state index is 0.0252. The Morgan fingerprint density at radius 3 is 2.58 bits per heavy atom. The average Bonchev–Trinajstić information content (AvgIpc) is 3.10. The van der Waals surface area contributed by atoms with Crippen molar-refractivity contribution >= 4 is 44.2 Å². The first-order valence-corrected chi connectivity index (χ1v) is 10.2. The van der Waals surface area contributed by atoms with Gasteiger partial charge in [-0.3, -0.25) is 4.79 Å². The molecule has 0 radical (unpaired) electrons. The van der Waals surface area contributed by atoms with E-state index in [1.165, 1.54) is 11.0 Å². The van der Waals surface area contributed by atoms with E-state index in [0.29, 0.717) is 29.1 Å². The predicted octanol–water partition coefficient (Wildman–Crippen LogP) is 2.53. The van der Waals surface area contributed by atoms with E-state index in [9.17, 15) is 13.2 Å². The zero-order valence-electron chi connectivity index (χ0n) is 14.2. The zero-order chi connectivity index (χ0) is 18.7. The number of ether oxygens (including phenoxy) is 1. The standard InChI is InChI=1S/C17H17N3O4S2/c1-3-24-13-9-7-12(8-10-13)20(2)16(21)11-26(22,23)15-6-4-5-14-17(15)19-25-18-14/h4-10H,3,11H2,1-2H3. The van der Waals surface area contributed by atoms with Gasteiger partial charge in [0.1, 0.15) is 22.5 Å². The molecule has 0 spiro atoms. The number of hydrogen-bond acceptors (Lipinski definition) is 7. The quantitative estimate of drug-likeness (QED) is 0.641. The molecule has 0 aliphatic carbocycles. The maximum absolute atomic E-state index is 12.7. The molecule has 3 aromatic rings. The van der Waals surface area contributed by atoms with Crippen molar-refractivity contribution in [2.24, 2.45) is 0 Å². The number of carbonyl (C=O) groups is 1. The summed E-state index contributed by atoms with van der Waals surface area (Å²) in [5.41, 5.74) is 1.39. The van der Waals surface area contributed by atoms with E-state index in [1.807, 2.05) is 6.92 Å². The molecule has 26 heavy (non-hydrogen) atoms. The summed E-state index contributed by atoms with van der Waals surface area (Å²) < 4.78 is 38.8. The fraction of sp³-hybridized carbons (Fsp3) is 0.235. The molecule has 1 amide bonds. The van der Waals surface area contributed by atoms with Gasteiger partial charge in [0.05, 0.1) is 23.2 Å². The lowest BCUT2D eigenvalue weighted by Crippen LogP contribution is -2.32. The van der Waals surface area contributed by atoms with E-state index < -0.39 is 21.5 Å². The first kappa shape index (κ1) is 18.3. The largest absolute Gasteiger partial charge is 0.494 e. The molecule has 0 atom stereocenters. The van der Waals surface area contributed by atoms with Crippen LogP contribution in [0, 0.1) is 0 Å². The van der Waals surface area contributed by atoms with Crippen LogP contribution in [0.5, 0.6) is 5.75 Å². The summed E-state index contributed by atoms with van der Waals surface area (Å²) in [4.78, 5) is 13.8. The lowest BCUT2D eigenvalue weighted by Gasteiger charge is -2.18. The number of sulfone groups is 1. The van der Waals surface area contributed by atoms with Gasteiger partial charge in [-0.05, 0) is 43.3 Å². The van der Waals surface area contributed by atoms with Crippen LogP contribution >= 0.6 is 11.7 Å². The van der Waals surface area contributed by atoms with Crippen molar-refractivity contribution in [1.29, 1.82) is 0 Å². The molecular formula is C17H17N3O4S2. The third-order valence-corrected chi connectivity index (χ3v) is 5.98. The van der Waals surface area contributed by atoms with Crippen LogP contribution in [0.2, 0.25) is 0 Å². The van der Waals surface area contributed by atoms with E-state index in [0.717, 1.165) is 11.7 Å². The number of fused-ring (bicyclic) bond motifs is 1. The van der Waals surface area contributed by atoms with Crippen molar-refractivity contribution in [2.75, 3.05) is 24.3 Å². The molecule has 0 saturated heterocycles. The molecule has 0 aliphatic rings. The minimum Gasteiger partial charge on any atom is -0.494 e. The highest BCUT2D eigenvalue weighted by Gasteiger charge is 2.25. The highest BCUT2D eigenvalue weighted by atomic mass is 32.2. The van der Waals surface area contributed by atoms with Crippen LogP contribution in [0.25, 0.3) is 11.0 Å². The molecular weight excluding hydrogens is 374 g/mol. The molecule has 2 aromatic carbocycles. The maximum atomic E-state index is 12.7. The van der Waals surface area contributed by atoms with Crippen LogP contribution in [0.15, 0.2) is 47.4 Å². The second kappa shape index (κ2) is 7.38. The topological polar surface area (TPSA) is 89.5 Å². The van der Waals surface area contributed by atoms with Gasteiger partial charge in [0, 0.05) is 12.7 Å². The summed E-state index contributed by atoms with van der Waals surface area (Å²) in [5.74, 6) is -0.491. The third-order valence-electron chi connectivity index (χ3n) is 3.81. The van der Waals surface area contributed by atoms with E-state index in [-0.39, 0.29) is 4.90 Å². The Morgan fingerprint density at radius 2 is 1.88 bits per heavy atom. The Balaban J connectivity index is 1.80. The number of amides is 1. The van der Waals surface area contributed by atoms with Gasteiger partial charge in [0.2, 0.25) is 5.91 Å². The van der Waals surface area contributed by atoms with Crippen molar-refractivity contribution < 1.29 is 17.9 Å². The van der Waals surface area contributed by atoms with Crippen molar-refractivity contribution in [1.82, 2.24) is 8.75 Å². The molecule has 1 heterocycles. The van der Waals surface area contributed by atoms with Gasteiger partial charge in [0.25, 0.3) is 0 Å². The number of carbonyl (C=O) groups excluding carboxylic acids is 1. The van der Waals surface area contributed by atoms with Gasteiger partial charge in [-0.15, -0.1) is 0 Å². The van der Waals surface area contributed by atoms with Crippen molar-refractivity contribution in [3.05, 3.63) is 42.5 Å². The van der Waals surface area contributed by atoms with Crippen LogP contribution < -0.4 is 9.64 Å². The van der Waals surface area contributed by atoms with Gasteiger partial charge in [-0.25, -0.2) is 8.42 Å². The molecule has 0 N–H and O–H groups in total. The lowest BCUT2D eigenvalue weighted by atomic mass is 10.3. The van der Waals surface area contributed by atoms with Crippen LogP contribution in [0.3, 0.4) is 0 Å². The highest BCUT2D eigenvalue weighted by molar-refractivity contribution is 7.92. The van der Waals surface area contributed by atoms with Crippen LogP contribution in [0.4, 0.5) is 5.69 Å². The normalized spacial score (nSPS) is 11.5. The summed E-state index contributed by atoms with van der Waals surface area (Å²) >= 11 is 0.939.